The summed E-state index contributed by atoms with van der Waals surface area (Å²) in [6, 6.07) is 10.4. The Hall–Kier alpha value is -2.96. The first-order chi connectivity index (χ1) is 14.9. The van der Waals surface area contributed by atoms with E-state index >= 15 is 0 Å². The van der Waals surface area contributed by atoms with Crippen molar-refractivity contribution in [3.05, 3.63) is 70.2 Å². The highest BCUT2D eigenvalue weighted by Gasteiger charge is 2.35. The molecule has 8 heteroatoms. The predicted octanol–water partition coefficient (Wildman–Crippen LogP) is 4.87. The number of hydrogen-bond acceptors (Lipinski definition) is 4. The van der Waals surface area contributed by atoms with Gasteiger partial charge in [0.25, 0.3) is 11.8 Å². The highest BCUT2D eigenvalue weighted by Crippen LogP contribution is 2.31. The van der Waals surface area contributed by atoms with Gasteiger partial charge in [-0.3, -0.25) is 15.0 Å². The van der Waals surface area contributed by atoms with Gasteiger partial charge in [-0.25, -0.2) is 5.01 Å². The van der Waals surface area contributed by atoms with Gasteiger partial charge in [-0.15, -0.1) is 0 Å². The van der Waals surface area contributed by atoms with Crippen LogP contribution in [0.25, 0.3) is 6.08 Å². The number of halogens is 2. The van der Waals surface area contributed by atoms with Crippen molar-refractivity contribution in [2.45, 2.75) is 13.8 Å². The fourth-order valence-electron chi connectivity index (χ4n) is 3.22. The number of benzene rings is 2. The number of ether oxygens (including phenoxy) is 1. The Bertz CT molecular complexity index is 1050. The van der Waals surface area contributed by atoms with Crippen molar-refractivity contribution in [2.24, 2.45) is 0 Å². The van der Waals surface area contributed by atoms with E-state index in [-0.39, 0.29) is 10.6 Å². The molecule has 2 aromatic rings. The first-order valence-corrected chi connectivity index (χ1v) is 10.6. The molecule has 0 saturated carbocycles. The Morgan fingerprint density at radius 2 is 1.84 bits per heavy atom. The van der Waals surface area contributed by atoms with Crippen molar-refractivity contribution >= 4 is 52.5 Å². The topological polar surface area (TPSA) is 61.9 Å². The highest BCUT2D eigenvalue weighted by atomic mass is 35.5. The normalized spacial score (nSPS) is 14.7. The number of hydrogen-bond donors (Lipinski definition) is 1. The molecule has 0 aliphatic carbocycles. The minimum Gasteiger partial charge on any atom is -0.489 e. The van der Waals surface area contributed by atoms with Crippen LogP contribution in [0.3, 0.4) is 0 Å². The van der Waals surface area contributed by atoms with Gasteiger partial charge in [0.05, 0.1) is 15.7 Å². The number of nitrogens with one attached hydrogen (secondary N) is 1. The number of nitrogens with zero attached hydrogens (tertiary/aromatic N) is 2. The average molecular weight is 460 g/mol. The maximum absolute atomic E-state index is 12.9. The van der Waals surface area contributed by atoms with Crippen LogP contribution in [0.1, 0.15) is 19.4 Å². The fraction of sp³-hybridized carbons (Fsp3) is 0.217. The average Bonchev–Trinajstić information content (AvgIpc) is 3.04. The van der Waals surface area contributed by atoms with Crippen molar-refractivity contribution < 1.29 is 14.3 Å². The van der Waals surface area contributed by atoms with E-state index in [1.807, 2.05) is 18.2 Å². The van der Waals surface area contributed by atoms with E-state index in [0.29, 0.717) is 28.6 Å². The second-order valence-electron chi connectivity index (χ2n) is 6.73. The summed E-state index contributed by atoms with van der Waals surface area (Å²) in [5, 5.41) is 1.78. The molecule has 1 heterocycles. The Balaban J connectivity index is 1.97. The third kappa shape index (κ3) is 4.86. The Labute approximate surface area is 191 Å². The molecule has 0 spiro atoms. The van der Waals surface area contributed by atoms with E-state index in [0.717, 1.165) is 23.8 Å². The lowest BCUT2D eigenvalue weighted by Gasteiger charge is -2.22. The van der Waals surface area contributed by atoms with Crippen molar-refractivity contribution in [1.29, 1.82) is 0 Å². The molecule has 0 unspecified atom stereocenters. The number of carbonyl (C=O) groups excluding carboxylic acids is 2. The molecule has 1 N–H and O–H groups in total. The van der Waals surface area contributed by atoms with Gasteiger partial charge in [0, 0.05) is 30.4 Å². The molecule has 1 aliphatic heterocycles. The van der Waals surface area contributed by atoms with Crippen LogP contribution in [-0.2, 0) is 9.59 Å². The van der Waals surface area contributed by atoms with Gasteiger partial charge in [-0.2, -0.15) is 0 Å². The van der Waals surface area contributed by atoms with Gasteiger partial charge in [0.15, 0.2) is 0 Å². The van der Waals surface area contributed by atoms with Crippen LogP contribution in [-0.4, -0.2) is 31.5 Å². The van der Waals surface area contributed by atoms with Gasteiger partial charge in [0.1, 0.15) is 17.9 Å². The summed E-state index contributed by atoms with van der Waals surface area (Å²) in [4.78, 5) is 27.7. The highest BCUT2D eigenvalue weighted by molar-refractivity contribution is 6.42. The summed E-state index contributed by atoms with van der Waals surface area (Å²) >= 11 is 12.0. The molecule has 1 aliphatic rings. The standard InChI is InChI=1S/C23H23Cl2N3O3/c1-4-11-31-21-14-16(27(5-2)6-3)8-7-15(21)12-18-22(29)26-28(23(18)30)17-9-10-19(24)20(25)13-17/h4,7-10,12-14H,1,5-6,11H2,2-3H3,(H,26,29)/b18-12-. The molecule has 6 nitrogen and oxygen atoms in total. The van der Waals surface area contributed by atoms with E-state index in [9.17, 15) is 9.59 Å². The zero-order chi connectivity index (χ0) is 22.5. The van der Waals surface area contributed by atoms with Gasteiger partial charge in [-0.1, -0.05) is 35.9 Å². The Kier molecular flexibility index (Phi) is 7.25. The van der Waals surface area contributed by atoms with Gasteiger partial charge in [-0.05, 0) is 50.3 Å². The van der Waals surface area contributed by atoms with Gasteiger partial charge < -0.3 is 9.64 Å². The van der Waals surface area contributed by atoms with Gasteiger partial charge in [0.2, 0.25) is 0 Å². The lowest BCUT2D eigenvalue weighted by molar-refractivity contribution is -0.117. The molecule has 1 saturated heterocycles. The second kappa shape index (κ2) is 9.90. The SMILES string of the molecule is C=CCOc1cc(N(CC)CC)ccc1/C=C1/C(=O)NN(c2ccc(Cl)c(Cl)c2)C1=O. The number of rotatable bonds is 8. The largest absolute Gasteiger partial charge is 0.489 e. The Morgan fingerprint density at radius 3 is 2.48 bits per heavy atom. The Morgan fingerprint density at radius 1 is 1.10 bits per heavy atom. The molecule has 2 aromatic carbocycles. The van der Waals surface area contributed by atoms with Crippen molar-refractivity contribution in [3.63, 3.8) is 0 Å². The molecule has 0 atom stereocenters. The lowest BCUT2D eigenvalue weighted by atomic mass is 10.1. The van der Waals surface area contributed by atoms with Gasteiger partial charge >= 0.3 is 0 Å². The van der Waals surface area contributed by atoms with Crippen LogP contribution >= 0.6 is 23.2 Å². The van der Waals surface area contributed by atoms with E-state index < -0.39 is 11.8 Å². The lowest BCUT2D eigenvalue weighted by Crippen LogP contribution is -2.35. The van der Waals surface area contributed by atoms with E-state index in [1.165, 1.54) is 12.1 Å². The van der Waals surface area contributed by atoms with Crippen molar-refractivity contribution in [1.82, 2.24) is 5.43 Å². The summed E-state index contributed by atoms with van der Waals surface area (Å²) in [5.41, 5.74) is 4.57. The van der Waals surface area contributed by atoms with Crippen LogP contribution in [0.5, 0.6) is 5.75 Å². The molecular formula is C23H23Cl2N3O3. The summed E-state index contributed by atoms with van der Waals surface area (Å²) in [7, 11) is 0. The number of hydrazine groups is 1. The minimum absolute atomic E-state index is 0.00915. The maximum atomic E-state index is 12.9. The molecule has 0 aromatic heterocycles. The quantitative estimate of drug-likeness (QED) is 0.347. The second-order valence-corrected chi connectivity index (χ2v) is 7.55. The zero-order valence-electron chi connectivity index (χ0n) is 17.3. The predicted molar refractivity (Wildman–Crippen MR) is 126 cm³/mol. The van der Waals surface area contributed by atoms with Crippen LogP contribution < -0.4 is 20.1 Å². The monoisotopic (exact) mass is 459 g/mol. The smallest absolute Gasteiger partial charge is 0.282 e. The molecule has 3 rings (SSSR count). The number of amides is 2. The summed E-state index contributed by atoms with van der Waals surface area (Å²) in [6.07, 6.45) is 3.17. The first kappa shape index (κ1) is 22.7. The molecule has 0 bridgehead atoms. The maximum Gasteiger partial charge on any atom is 0.282 e. The van der Waals surface area contributed by atoms with Crippen LogP contribution in [0.15, 0.2) is 54.6 Å². The summed E-state index contributed by atoms with van der Waals surface area (Å²) < 4.78 is 5.81. The molecule has 0 radical (unpaired) electrons. The van der Waals surface area contributed by atoms with Crippen LogP contribution in [0, 0.1) is 0 Å². The molecule has 31 heavy (non-hydrogen) atoms. The zero-order valence-corrected chi connectivity index (χ0v) is 18.8. The first-order valence-electron chi connectivity index (χ1n) is 9.84. The fourth-order valence-corrected chi connectivity index (χ4v) is 3.51. The minimum atomic E-state index is -0.515. The molecule has 1 fully saturated rings. The number of anilines is 2. The molecule has 2 amide bonds. The van der Waals surface area contributed by atoms with Crippen LogP contribution in [0.4, 0.5) is 11.4 Å². The van der Waals surface area contributed by atoms with E-state index in [4.69, 9.17) is 27.9 Å². The van der Waals surface area contributed by atoms with Crippen molar-refractivity contribution in [2.75, 3.05) is 29.6 Å². The number of carbonyl (C=O) groups is 2. The van der Waals surface area contributed by atoms with E-state index in [1.54, 1.807) is 18.2 Å². The van der Waals surface area contributed by atoms with E-state index in [2.05, 4.69) is 30.8 Å². The third-order valence-corrected chi connectivity index (χ3v) is 5.57. The van der Waals surface area contributed by atoms with Crippen molar-refractivity contribution in [3.8, 4) is 5.75 Å². The molecule has 162 valence electrons. The van der Waals surface area contributed by atoms with Crippen LogP contribution in [0.2, 0.25) is 10.0 Å². The summed E-state index contributed by atoms with van der Waals surface area (Å²) in [5.74, 6) is -0.449. The summed E-state index contributed by atoms with van der Waals surface area (Å²) in [6.45, 7) is 9.82. The molecular weight excluding hydrogens is 437 g/mol. The third-order valence-electron chi connectivity index (χ3n) is 4.84.